The maximum absolute atomic E-state index is 12.6. The second-order valence-corrected chi connectivity index (χ2v) is 5.51. The molecule has 6 heteroatoms. The van der Waals surface area contributed by atoms with Crippen LogP contribution in [0, 0.1) is 0 Å². The molecule has 23 heavy (non-hydrogen) atoms. The molecule has 0 aliphatic carbocycles. The van der Waals surface area contributed by atoms with E-state index in [1.165, 1.54) is 12.1 Å². The third-order valence-corrected chi connectivity index (χ3v) is 3.94. The number of amides is 1. The van der Waals surface area contributed by atoms with Gasteiger partial charge in [0.05, 0.1) is 11.6 Å². The first-order valence-corrected chi connectivity index (χ1v) is 7.10. The van der Waals surface area contributed by atoms with Crippen molar-refractivity contribution in [1.82, 2.24) is 5.32 Å². The van der Waals surface area contributed by atoms with Crippen LogP contribution in [0.3, 0.4) is 0 Å². The Morgan fingerprint density at radius 1 is 0.957 bits per heavy atom. The molecule has 0 aromatic heterocycles. The first-order chi connectivity index (χ1) is 10.8. The van der Waals surface area contributed by atoms with Gasteiger partial charge < -0.3 is 10.4 Å². The summed E-state index contributed by atoms with van der Waals surface area (Å²) >= 11 is 0. The number of benzene rings is 2. The van der Waals surface area contributed by atoms with E-state index >= 15 is 0 Å². The first kappa shape index (κ1) is 15.6. The van der Waals surface area contributed by atoms with E-state index < -0.39 is 17.8 Å². The normalized spacial score (nSPS) is 21.3. The Hall–Kier alpha value is -2.34. The lowest BCUT2D eigenvalue weighted by molar-refractivity contribution is -0.137. The fraction of sp³-hybridized carbons (Fsp3) is 0.235. The molecule has 1 fully saturated rings. The Balaban J connectivity index is 1.78. The number of halogens is 3. The maximum atomic E-state index is 12.6. The lowest BCUT2D eigenvalue weighted by atomic mass is 9.99. The monoisotopic (exact) mass is 321 g/mol. The van der Waals surface area contributed by atoms with Gasteiger partial charge in [-0.05, 0) is 28.8 Å². The average Bonchev–Trinajstić information content (AvgIpc) is 2.86. The molecule has 2 aromatic carbocycles. The van der Waals surface area contributed by atoms with Crippen LogP contribution in [0.2, 0.25) is 0 Å². The number of nitrogens with one attached hydrogen (secondary N) is 1. The van der Waals surface area contributed by atoms with Gasteiger partial charge >= 0.3 is 6.18 Å². The minimum absolute atomic E-state index is 0.237. The fourth-order valence-electron chi connectivity index (χ4n) is 2.64. The Kier molecular flexibility index (Phi) is 3.85. The zero-order chi connectivity index (χ0) is 16.6. The molecule has 120 valence electrons. The molecule has 3 nitrogen and oxygen atoms in total. The zero-order valence-corrected chi connectivity index (χ0v) is 12.0. The third-order valence-electron chi connectivity index (χ3n) is 3.94. The van der Waals surface area contributed by atoms with Crippen LogP contribution in [0.25, 0.3) is 11.1 Å². The highest BCUT2D eigenvalue weighted by molar-refractivity contribution is 5.83. The average molecular weight is 321 g/mol. The third kappa shape index (κ3) is 3.22. The molecule has 1 saturated heterocycles. The summed E-state index contributed by atoms with van der Waals surface area (Å²) < 4.78 is 37.7. The molecule has 0 bridgehead atoms. The number of rotatable bonds is 2. The number of hydrogen-bond donors (Lipinski definition) is 2. The molecule has 2 unspecified atom stereocenters. The molecule has 2 atom stereocenters. The molecule has 1 amide bonds. The van der Waals surface area contributed by atoms with Gasteiger partial charge in [-0.1, -0.05) is 36.4 Å². The highest BCUT2D eigenvalue weighted by Crippen LogP contribution is 2.31. The minimum Gasteiger partial charge on any atom is -0.383 e. The number of alkyl halides is 3. The quantitative estimate of drug-likeness (QED) is 0.892. The molecule has 1 heterocycles. The molecule has 0 saturated carbocycles. The highest BCUT2D eigenvalue weighted by Gasteiger charge is 2.31. The van der Waals surface area contributed by atoms with E-state index in [1.54, 1.807) is 24.3 Å². The Morgan fingerprint density at radius 3 is 1.91 bits per heavy atom. The summed E-state index contributed by atoms with van der Waals surface area (Å²) in [7, 11) is 0. The SMILES string of the molecule is O=C1NC(c2ccc(-c3ccc(C(F)(F)F)cc3)cc2)CC1O. The maximum Gasteiger partial charge on any atom is 0.416 e. The lowest BCUT2D eigenvalue weighted by Gasteiger charge is -2.11. The Labute approximate surface area is 130 Å². The van der Waals surface area contributed by atoms with E-state index in [0.29, 0.717) is 12.0 Å². The largest absolute Gasteiger partial charge is 0.416 e. The van der Waals surface area contributed by atoms with Crippen LogP contribution in [0.4, 0.5) is 13.2 Å². The molecule has 1 aliphatic rings. The molecule has 0 spiro atoms. The van der Waals surface area contributed by atoms with Crippen molar-refractivity contribution in [3.05, 3.63) is 59.7 Å². The van der Waals surface area contributed by atoms with Crippen LogP contribution < -0.4 is 5.32 Å². The molecule has 0 radical (unpaired) electrons. The minimum atomic E-state index is -4.34. The van der Waals surface area contributed by atoms with Crippen molar-refractivity contribution < 1.29 is 23.1 Å². The van der Waals surface area contributed by atoms with E-state index in [9.17, 15) is 23.1 Å². The van der Waals surface area contributed by atoms with Gasteiger partial charge in [0.2, 0.25) is 5.91 Å². The number of carbonyl (C=O) groups is 1. The summed E-state index contributed by atoms with van der Waals surface area (Å²) in [6.07, 6.45) is -5.02. The van der Waals surface area contributed by atoms with E-state index in [-0.39, 0.29) is 11.9 Å². The second kappa shape index (κ2) is 5.70. The van der Waals surface area contributed by atoms with Crippen molar-refractivity contribution in [1.29, 1.82) is 0 Å². The van der Waals surface area contributed by atoms with Gasteiger partial charge in [-0.15, -0.1) is 0 Å². The molecule has 1 aliphatic heterocycles. The molecule has 2 N–H and O–H groups in total. The van der Waals surface area contributed by atoms with Crippen LogP contribution >= 0.6 is 0 Å². The fourth-order valence-corrected chi connectivity index (χ4v) is 2.64. The summed E-state index contributed by atoms with van der Waals surface area (Å²) in [4.78, 5) is 11.3. The van der Waals surface area contributed by atoms with Crippen molar-refractivity contribution in [3.63, 3.8) is 0 Å². The topological polar surface area (TPSA) is 49.3 Å². The van der Waals surface area contributed by atoms with E-state index in [2.05, 4.69) is 5.32 Å². The number of aliphatic hydroxyl groups excluding tert-OH is 1. The van der Waals surface area contributed by atoms with Crippen molar-refractivity contribution >= 4 is 5.91 Å². The summed E-state index contributed by atoms with van der Waals surface area (Å²) in [5.74, 6) is -0.387. The number of aliphatic hydroxyl groups is 1. The summed E-state index contributed by atoms with van der Waals surface area (Å²) in [5, 5.41) is 12.1. The number of carbonyl (C=O) groups excluding carboxylic acids is 1. The van der Waals surface area contributed by atoms with Crippen molar-refractivity contribution in [2.45, 2.75) is 24.7 Å². The lowest BCUT2D eigenvalue weighted by Crippen LogP contribution is -2.23. The Morgan fingerprint density at radius 2 is 1.48 bits per heavy atom. The van der Waals surface area contributed by atoms with E-state index in [0.717, 1.165) is 23.3 Å². The van der Waals surface area contributed by atoms with Gasteiger partial charge in [0, 0.05) is 6.42 Å². The molecular weight excluding hydrogens is 307 g/mol. The van der Waals surface area contributed by atoms with Crippen LogP contribution in [0.5, 0.6) is 0 Å². The summed E-state index contributed by atoms with van der Waals surface area (Å²) in [5.41, 5.74) is 1.64. The van der Waals surface area contributed by atoms with Crippen molar-refractivity contribution in [3.8, 4) is 11.1 Å². The van der Waals surface area contributed by atoms with Crippen LogP contribution in [0.1, 0.15) is 23.6 Å². The Bertz CT molecular complexity index is 708. The van der Waals surface area contributed by atoms with Gasteiger partial charge in [0.25, 0.3) is 0 Å². The smallest absolute Gasteiger partial charge is 0.383 e. The zero-order valence-electron chi connectivity index (χ0n) is 12.0. The van der Waals surface area contributed by atoms with Gasteiger partial charge in [-0.3, -0.25) is 4.79 Å². The second-order valence-electron chi connectivity index (χ2n) is 5.51. The van der Waals surface area contributed by atoms with Gasteiger partial charge in [0.1, 0.15) is 6.10 Å². The standard InChI is InChI=1S/C17H14F3NO2/c18-17(19,20)13-7-5-11(6-8-13)10-1-3-12(4-2-10)14-9-15(22)16(23)21-14/h1-8,14-15,22H,9H2,(H,21,23). The number of hydrogen-bond acceptors (Lipinski definition) is 2. The highest BCUT2D eigenvalue weighted by atomic mass is 19.4. The van der Waals surface area contributed by atoms with E-state index in [4.69, 9.17) is 0 Å². The predicted molar refractivity (Wildman–Crippen MR) is 78.4 cm³/mol. The predicted octanol–water partition coefficient (Wildman–Crippen LogP) is 3.29. The first-order valence-electron chi connectivity index (χ1n) is 7.10. The van der Waals surface area contributed by atoms with Crippen LogP contribution in [-0.2, 0) is 11.0 Å². The van der Waals surface area contributed by atoms with Gasteiger partial charge in [0.15, 0.2) is 0 Å². The van der Waals surface area contributed by atoms with E-state index in [1.807, 2.05) is 0 Å². The molecule has 2 aromatic rings. The van der Waals surface area contributed by atoms with Crippen molar-refractivity contribution in [2.24, 2.45) is 0 Å². The molecule has 3 rings (SSSR count). The van der Waals surface area contributed by atoms with Gasteiger partial charge in [-0.2, -0.15) is 13.2 Å². The summed E-state index contributed by atoms with van der Waals surface area (Å²) in [6, 6.07) is 11.9. The van der Waals surface area contributed by atoms with Crippen molar-refractivity contribution in [2.75, 3.05) is 0 Å². The van der Waals surface area contributed by atoms with Crippen LogP contribution in [-0.4, -0.2) is 17.1 Å². The summed E-state index contributed by atoms with van der Waals surface area (Å²) in [6.45, 7) is 0. The van der Waals surface area contributed by atoms with Crippen LogP contribution in [0.15, 0.2) is 48.5 Å². The molecular formula is C17H14F3NO2. The van der Waals surface area contributed by atoms with Gasteiger partial charge in [-0.25, -0.2) is 0 Å².